The van der Waals surface area contributed by atoms with Gasteiger partial charge >= 0.3 is 5.97 Å². The molecule has 0 aliphatic carbocycles. The summed E-state index contributed by atoms with van der Waals surface area (Å²) >= 11 is 0. The van der Waals surface area contributed by atoms with Crippen LogP contribution < -0.4 is 0 Å². The number of rotatable bonds is 11. The number of nitrogens with zero attached hydrogens (tertiary/aromatic N) is 1. The van der Waals surface area contributed by atoms with Crippen LogP contribution in [0, 0.1) is 16.7 Å². The summed E-state index contributed by atoms with van der Waals surface area (Å²) in [6.45, 7) is 5.63. The maximum Gasteiger partial charge on any atom is 0.303 e. The fourth-order valence-corrected chi connectivity index (χ4v) is 2.02. The van der Waals surface area contributed by atoms with E-state index >= 15 is 0 Å². The quantitative estimate of drug-likeness (QED) is 0.440. The molecule has 1 N–H and O–H groups in total. The summed E-state index contributed by atoms with van der Waals surface area (Å²) in [6.07, 6.45) is 9.86. The average Bonchev–Trinajstić information content (AvgIpc) is 2.33. The molecule has 1 unspecified atom stereocenters. The van der Waals surface area contributed by atoms with Gasteiger partial charge in [-0.15, -0.1) is 6.58 Å². The third-order valence-electron chi connectivity index (χ3n) is 3.28. The van der Waals surface area contributed by atoms with Crippen LogP contribution in [-0.4, -0.2) is 11.1 Å². The van der Waals surface area contributed by atoms with Crippen LogP contribution in [0.2, 0.25) is 0 Å². The lowest BCUT2D eigenvalue weighted by Gasteiger charge is -2.20. The fourth-order valence-electron chi connectivity index (χ4n) is 2.02. The van der Waals surface area contributed by atoms with E-state index in [1.165, 1.54) is 12.8 Å². The molecule has 0 aromatic heterocycles. The number of carboxylic acid groups (broad SMARTS) is 1. The van der Waals surface area contributed by atoms with E-state index in [9.17, 15) is 10.1 Å². The van der Waals surface area contributed by atoms with E-state index in [2.05, 4.69) is 12.6 Å². The third kappa shape index (κ3) is 8.81. The molecule has 0 aliphatic heterocycles. The average molecular weight is 251 g/mol. The fraction of sp³-hybridized carbons (Fsp3) is 0.733. The van der Waals surface area contributed by atoms with Gasteiger partial charge in [-0.05, 0) is 39.0 Å². The van der Waals surface area contributed by atoms with Crippen molar-refractivity contribution in [3.63, 3.8) is 0 Å². The van der Waals surface area contributed by atoms with Crippen molar-refractivity contribution in [1.29, 1.82) is 5.26 Å². The molecule has 3 nitrogen and oxygen atoms in total. The van der Waals surface area contributed by atoms with E-state index in [1.807, 2.05) is 13.0 Å². The van der Waals surface area contributed by atoms with Gasteiger partial charge in [0.15, 0.2) is 0 Å². The SMILES string of the molecule is C=CCCCCCCC(C)(C#N)CCCC(=O)O. The lowest BCUT2D eigenvalue weighted by molar-refractivity contribution is -0.137. The molecule has 0 heterocycles. The van der Waals surface area contributed by atoms with Crippen molar-refractivity contribution in [2.75, 3.05) is 0 Å². The molecular formula is C15H25NO2. The first kappa shape index (κ1) is 16.7. The van der Waals surface area contributed by atoms with Crippen LogP contribution in [0.15, 0.2) is 12.7 Å². The molecule has 0 aromatic rings. The number of unbranched alkanes of at least 4 members (excludes halogenated alkanes) is 4. The van der Waals surface area contributed by atoms with E-state index in [1.54, 1.807) is 0 Å². The van der Waals surface area contributed by atoms with Crippen LogP contribution in [0.5, 0.6) is 0 Å². The van der Waals surface area contributed by atoms with Crippen LogP contribution >= 0.6 is 0 Å². The van der Waals surface area contributed by atoms with E-state index < -0.39 is 5.97 Å². The lowest BCUT2D eigenvalue weighted by atomic mass is 9.81. The topological polar surface area (TPSA) is 61.1 Å². The zero-order valence-corrected chi connectivity index (χ0v) is 11.5. The van der Waals surface area contributed by atoms with E-state index in [-0.39, 0.29) is 11.8 Å². The van der Waals surface area contributed by atoms with Crippen molar-refractivity contribution in [3.05, 3.63) is 12.7 Å². The van der Waals surface area contributed by atoms with Crippen LogP contribution in [0.25, 0.3) is 0 Å². The minimum atomic E-state index is -0.778. The van der Waals surface area contributed by atoms with Crippen molar-refractivity contribution in [1.82, 2.24) is 0 Å². The first-order valence-corrected chi connectivity index (χ1v) is 6.78. The van der Waals surface area contributed by atoms with Crippen LogP contribution in [0.4, 0.5) is 0 Å². The molecule has 0 aliphatic rings. The molecular weight excluding hydrogens is 226 g/mol. The molecule has 1 atom stereocenters. The number of carbonyl (C=O) groups is 1. The minimum absolute atomic E-state index is 0.163. The highest BCUT2D eigenvalue weighted by Gasteiger charge is 2.22. The van der Waals surface area contributed by atoms with Gasteiger partial charge in [-0.25, -0.2) is 0 Å². The van der Waals surface area contributed by atoms with Gasteiger partial charge in [-0.3, -0.25) is 4.79 Å². The zero-order valence-electron chi connectivity index (χ0n) is 11.5. The summed E-state index contributed by atoms with van der Waals surface area (Å²) in [7, 11) is 0. The van der Waals surface area contributed by atoms with Crippen molar-refractivity contribution in [3.8, 4) is 6.07 Å². The Kier molecular flexibility index (Phi) is 9.00. The summed E-state index contributed by atoms with van der Waals surface area (Å²) in [5.41, 5.74) is -0.353. The van der Waals surface area contributed by atoms with Gasteiger partial charge in [0.1, 0.15) is 0 Å². The van der Waals surface area contributed by atoms with Gasteiger partial charge in [0.2, 0.25) is 0 Å². The summed E-state index contributed by atoms with van der Waals surface area (Å²) in [5.74, 6) is -0.778. The summed E-state index contributed by atoms with van der Waals surface area (Å²) < 4.78 is 0. The van der Waals surface area contributed by atoms with Crippen molar-refractivity contribution in [2.24, 2.45) is 5.41 Å². The molecule has 0 saturated heterocycles. The van der Waals surface area contributed by atoms with E-state index in [0.29, 0.717) is 12.8 Å². The largest absolute Gasteiger partial charge is 0.481 e. The van der Waals surface area contributed by atoms with Crippen LogP contribution in [-0.2, 0) is 4.79 Å². The Hall–Kier alpha value is -1.30. The Balaban J connectivity index is 3.75. The molecule has 102 valence electrons. The molecule has 0 fully saturated rings. The second-order valence-corrected chi connectivity index (χ2v) is 5.16. The van der Waals surface area contributed by atoms with Gasteiger partial charge in [-0.1, -0.05) is 25.3 Å². The lowest BCUT2D eigenvalue weighted by Crippen LogP contribution is -2.14. The summed E-state index contributed by atoms with van der Waals surface area (Å²) in [5, 5.41) is 17.8. The third-order valence-corrected chi connectivity index (χ3v) is 3.28. The Morgan fingerprint density at radius 2 is 1.89 bits per heavy atom. The Morgan fingerprint density at radius 1 is 1.28 bits per heavy atom. The highest BCUT2D eigenvalue weighted by Crippen LogP contribution is 2.30. The number of carboxylic acids is 1. The number of aliphatic carboxylic acids is 1. The Morgan fingerprint density at radius 3 is 2.44 bits per heavy atom. The molecule has 0 rings (SSSR count). The highest BCUT2D eigenvalue weighted by molar-refractivity contribution is 5.66. The number of hydrogen-bond donors (Lipinski definition) is 1. The number of nitriles is 1. The molecule has 0 amide bonds. The summed E-state index contributed by atoms with van der Waals surface area (Å²) in [4.78, 5) is 10.4. The zero-order chi connectivity index (χ0) is 13.9. The first-order chi connectivity index (χ1) is 8.54. The Bertz CT molecular complexity index is 293. The van der Waals surface area contributed by atoms with Gasteiger partial charge in [-0.2, -0.15) is 5.26 Å². The van der Waals surface area contributed by atoms with Crippen molar-refractivity contribution in [2.45, 2.75) is 64.7 Å². The van der Waals surface area contributed by atoms with Crippen LogP contribution in [0.1, 0.15) is 64.7 Å². The first-order valence-electron chi connectivity index (χ1n) is 6.78. The molecule has 0 radical (unpaired) electrons. The molecule has 0 aromatic carbocycles. The second-order valence-electron chi connectivity index (χ2n) is 5.16. The molecule has 18 heavy (non-hydrogen) atoms. The summed E-state index contributed by atoms with van der Waals surface area (Å²) in [6, 6.07) is 2.35. The number of hydrogen-bond acceptors (Lipinski definition) is 2. The van der Waals surface area contributed by atoms with E-state index in [4.69, 9.17) is 5.11 Å². The van der Waals surface area contributed by atoms with Crippen molar-refractivity contribution >= 4 is 5.97 Å². The predicted molar refractivity (Wildman–Crippen MR) is 73.1 cm³/mol. The highest BCUT2D eigenvalue weighted by atomic mass is 16.4. The normalized spacial score (nSPS) is 13.6. The molecule has 0 spiro atoms. The standard InChI is InChI=1S/C15H25NO2/c1-3-4-5-6-7-8-11-15(2,13-16)12-9-10-14(17)18/h3H,1,4-12H2,2H3,(H,17,18). The van der Waals surface area contributed by atoms with Crippen molar-refractivity contribution < 1.29 is 9.90 Å². The molecule has 0 bridgehead atoms. The molecule has 3 heteroatoms. The maximum absolute atomic E-state index is 10.4. The minimum Gasteiger partial charge on any atom is -0.481 e. The smallest absolute Gasteiger partial charge is 0.303 e. The van der Waals surface area contributed by atoms with Gasteiger partial charge in [0, 0.05) is 6.42 Å². The van der Waals surface area contributed by atoms with Gasteiger partial charge in [0.25, 0.3) is 0 Å². The monoisotopic (exact) mass is 251 g/mol. The van der Waals surface area contributed by atoms with E-state index in [0.717, 1.165) is 25.7 Å². The predicted octanol–water partition coefficient (Wildman–Crippen LogP) is 4.30. The van der Waals surface area contributed by atoms with Crippen LogP contribution in [0.3, 0.4) is 0 Å². The van der Waals surface area contributed by atoms with Gasteiger partial charge < -0.3 is 5.11 Å². The Labute approximate surface area is 111 Å². The van der Waals surface area contributed by atoms with Gasteiger partial charge in [0.05, 0.1) is 11.5 Å². The molecule has 0 saturated carbocycles. The second kappa shape index (κ2) is 9.70. The maximum atomic E-state index is 10.4. The number of allylic oxidation sites excluding steroid dienone is 1.